The molecule has 4 heteroatoms. The molecule has 2 nitrogen and oxygen atoms in total. The van der Waals surface area contributed by atoms with Gasteiger partial charge in [-0.1, -0.05) is 36.4 Å². The van der Waals surface area contributed by atoms with Gasteiger partial charge in [0.2, 0.25) is 0 Å². The molecular formula is C15H16FNOS. The Labute approximate surface area is 114 Å². The zero-order valence-corrected chi connectivity index (χ0v) is 11.3. The fourth-order valence-electron chi connectivity index (χ4n) is 1.92. The number of hydrogen-bond donors (Lipinski definition) is 1. The SMILES string of the molecule is NCc1cc(F)cc(CS(=O)Cc2ccccc2)c1. The molecule has 2 aromatic carbocycles. The summed E-state index contributed by atoms with van der Waals surface area (Å²) in [7, 11) is -1.05. The first-order chi connectivity index (χ1) is 9.17. The average molecular weight is 277 g/mol. The average Bonchev–Trinajstić information content (AvgIpc) is 2.38. The van der Waals surface area contributed by atoms with Crippen molar-refractivity contribution in [3.8, 4) is 0 Å². The van der Waals surface area contributed by atoms with Crippen LogP contribution in [0.15, 0.2) is 48.5 Å². The minimum absolute atomic E-state index is 0.288. The Bertz CT molecular complexity index is 572. The first kappa shape index (κ1) is 13.9. The van der Waals surface area contributed by atoms with Crippen molar-refractivity contribution in [1.82, 2.24) is 0 Å². The van der Waals surface area contributed by atoms with E-state index in [4.69, 9.17) is 5.73 Å². The highest BCUT2D eigenvalue weighted by atomic mass is 32.2. The van der Waals surface area contributed by atoms with E-state index in [1.165, 1.54) is 12.1 Å². The molecule has 0 bridgehead atoms. The predicted octanol–water partition coefficient (Wildman–Crippen LogP) is 2.73. The van der Waals surface area contributed by atoms with E-state index in [9.17, 15) is 8.60 Å². The van der Waals surface area contributed by atoms with E-state index in [0.717, 1.165) is 16.7 Å². The normalized spacial score (nSPS) is 12.3. The molecule has 100 valence electrons. The van der Waals surface area contributed by atoms with Gasteiger partial charge in [0.15, 0.2) is 0 Å². The van der Waals surface area contributed by atoms with E-state index in [-0.39, 0.29) is 12.4 Å². The molecule has 0 aliphatic rings. The fourth-order valence-corrected chi connectivity index (χ4v) is 3.12. The Hall–Kier alpha value is -1.52. The van der Waals surface area contributed by atoms with Gasteiger partial charge >= 0.3 is 0 Å². The third kappa shape index (κ3) is 4.26. The van der Waals surface area contributed by atoms with Crippen molar-refractivity contribution in [3.63, 3.8) is 0 Å². The third-order valence-electron chi connectivity index (χ3n) is 2.75. The monoisotopic (exact) mass is 277 g/mol. The number of hydrogen-bond acceptors (Lipinski definition) is 2. The van der Waals surface area contributed by atoms with Gasteiger partial charge in [0.25, 0.3) is 0 Å². The first-order valence-corrected chi connectivity index (χ1v) is 7.53. The van der Waals surface area contributed by atoms with Gasteiger partial charge in [0, 0.05) is 28.9 Å². The van der Waals surface area contributed by atoms with Crippen LogP contribution in [0.5, 0.6) is 0 Å². The molecule has 0 spiro atoms. The standard InChI is InChI=1S/C15H16FNOS/c16-15-7-13(9-17)6-14(8-15)11-19(18)10-12-4-2-1-3-5-12/h1-8H,9-11,17H2. The summed E-state index contributed by atoms with van der Waals surface area (Å²) in [4.78, 5) is 0. The predicted molar refractivity (Wildman–Crippen MR) is 76.3 cm³/mol. The van der Waals surface area contributed by atoms with Crippen molar-refractivity contribution in [2.75, 3.05) is 0 Å². The van der Waals surface area contributed by atoms with E-state index in [2.05, 4.69) is 0 Å². The molecule has 0 aliphatic heterocycles. The summed E-state index contributed by atoms with van der Waals surface area (Å²) in [5.74, 6) is 0.504. The number of nitrogens with two attached hydrogens (primary N) is 1. The molecule has 0 fully saturated rings. The van der Waals surface area contributed by atoms with Crippen LogP contribution in [0.2, 0.25) is 0 Å². The van der Waals surface area contributed by atoms with Crippen LogP contribution in [0.4, 0.5) is 4.39 Å². The van der Waals surface area contributed by atoms with Crippen LogP contribution in [0.3, 0.4) is 0 Å². The minimum atomic E-state index is -1.05. The van der Waals surface area contributed by atoms with Gasteiger partial charge in [0.05, 0.1) is 0 Å². The Morgan fingerprint density at radius 1 is 0.947 bits per heavy atom. The lowest BCUT2D eigenvalue weighted by Gasteiger charge is -2.05. The fraction of sp³-hybridized carbons (Fsp3) is 0.200. The Kier molecular flexibility index (Phi) is 4.82. The van der Waals surface area contributed by atoms with Crippen LogP contribution in [0.1, 0.15) is 16.7 Å². The van der Waals surface area contributed by atoms with Gasteiger partial charge in [-0.2, -0.15) is 0 Å². The zero-order chi connectivity index (χ0) is 13.7. The molecule has 0 amide bonds. The van der Waals surface area contributed by atoms with Gasteiger partial charge in [-0.05, 0) is 28.8 Å². The highest BCUT2D eigenvalue weighted by Crippen LogP contribution is 2.13. The quantitative estimate of drug-likeness (QED) is 0.913. The maximum atomic E-state index is 13.3. The molecule has 2 N–H and O–H groups in total. The Morgan fingerprint density at radius 3 is 2.26 bits per heavy atom. The van der Waals surface area contributed by atoms with Gasteiger partial charge in [-0.15, -0.1) is 0 Å². The summed E-state index contributed by atoms with van der Waals surface area (Å²) in [5.41, 5.74) is 7.98. The summed E-state index contributed by atoms with van der Waals surface area (Å²) in [6.07, 6.45) is 0. The van der Waals surface area contributed by atoms with Crippen LogP contribution < -0.4 is 5.73 Å². The van der Waals surface area contributed by atoms with Gasteiger partial charge in [-0.25, -0.2) is 4.39 Å². The molecule has 2 rings (SSSR count). The Balaban J connectivity index is 2.05. The van der Waals surface area contributed by atoms with Crippen molar-refractivity contribution in [2.45, 2.75) is 18.1 Å². The van der Waals surface area contributed by atoms with Gasteiger partial charge in [0.1, 0.15) is 5.82 Å². The second-order valence-electron chi connectivity index (χ2n) is 4.39. The number of benzene rings is 2. The summed E-state index contributed by atoms with van der Waals surface area (Å²) < 4.78 is 25.4. The molecular weight excluding hydrogens is 261 g/mol. The molecule has 1 unspecified atom stereocenters. The zero-order valence-electron chi connectivity index (χ0n) is 10.5. The summed E-state index contributed by atoms with van der Waals surface area (Å²) in [5, 5.41) is 0. The molecule has 19 heavy (non-hydrogen) atoms. The molecule has 0 aromatic heterocycles. The van der Waals surface area contributed by atoms with Crippen molar-refractivity contribution in [1.29, 1.82) is 0 Å². The first-order valence-electron chi connectivity index (χ1n) is 6.04. The highest BCUT2D eigenvalue weighted by molar-refractivity contribution is 7.83. The molecule has 2 aromatic rings. The smallest absolute Gasteiger partial charge is 0.123 e. The largest absolute Gasteiger partial charge is 0.326 e. The molecule has 0 saturated heterocycles. The van der Waals surface area contributed by atoms with Crippen molar-refractivity contribution < 1.29 is 8.60 Å². The van der Waals surface area contributed by atoms with Crippen molar-refractivity contribution >= 4 is 10.8 Å². The van der Waals surface area contributed by atoms with Gasteiger partial charge in [-0.3, -0.25) is 4.21 Å². The lowest BCUT2D eigenvalue weighted by Crippen LogP contribution is -2.03. The van der Waals surface area contributed by atoms with Crippen LogP contribution >= 0.6 is 0 Å². The molecule has 0 heterocycles. The summed E-state index contributed by atoms with van der Waals surface area (Å²) >= 11 is 0. The van der Waals surface area contributed by atoms with E-state index in [1.54, 1.807) is 0 Å². The minimum Gasteiger partial charge on any atom is -0.326 e. The van der Waals surface area contributed by atoms with Gasteiger partial charge < -0.3 is 5.73 Å². The van der Waals surface area contributed by atoms with Crippen LogP contribution in [0, 0.1) is 5.82 Å². The van der Waals surface area contributed by atoms with Crippen LogP contribution in [0.25, 0.3) is 0 Å². The maximum Gasteiger partial charge on any atom is 0.123 e. The lowest BCUT2D eigenvalue weighted by atomic mass is 10.1. The highest BCUT2D eigenvalue weighted by Gasteiger charge is 2.06. The topological polar surface area (TPSA) is 43.1 Å². The van der Waals surface area contributed by atoms with E-state index in [0.29, 0.717) is 11.5 Å². The van der Waals surface area contributed by atoms with Crippen LogP contribution in [-0.4, -0.2) is 4.21 Å². The van der Waals surface area contributed by atoms with Crippen molar-refractivity contribution in [3.05, 3.63) is 71.0 Å². The third-order valence-corrected chi connectivity index (χ3v) is 4.06. The molecule has 0 saturated carbocycles. The summed E-state index contributed by atoms with van der Waals surface area (Å²) in [6, 6.07) is 14.3. The van der Waals surface area contributed by atoms with Crippen molar-refractivity contribution in [2.24, 2.45) is 5.73 Å². The molecule has 1 atom stereocenters. The maximum absolute atomic E-state index is 13.3. The Morgan fingerprint density at radius 2 is 1.58 bits per heavy atom. The second kappa shape index (κ2) is 6.59. The van der Waals surface area contributed by atoms with E-state index in [1.807, 2.05) is 36.4 Å². The number of halogens is 1. The van der Waals surface area contributed by atoms with E-state index >= 15 is 0 Å². The van der Waals surface area contributed by atoms with Crippen LogP contribution in [-0.2, 0) is 28.9 Å². The lowest BCUT2D eigenvalue weighted by molar-refractivity contribution is 0.623. The second-order valence-corrected chi connectivity index (χ2v) is 5.84. The molecule has 0 aliphatic carbocycles. The van der Waals surface area contributed by atoms with E-state index < -0.39 is 10.8 Å². The number of rotatable bonds is 5. The molecule has 0 radical (unpaired) electrons. The summed E-state index contributed by atoms with van der Waals surface area (Å²) in [6.45, 7) is 0.288.